The molecule has 0 bridgehead atoms. The van der Waals surface area contributed by atoms with Crippen molar-refractivity contribution in [2.24, 2.45) is 5.92 Å². The number of sulfonamides is 1. The first-order valence-corrected chi connectivity index (χ1v) is 13.5. The molecule has 0 radical (unpaired) electrons. The van der Waals surface area contributed by atoms with E-state index in [1.807, 2.05) is 0 Å². The van der Waals surface area contributed by atoms with Gasteiger partial charge in [-0.05, 0) is 49.8 Å². The number of rotatable bonds is 8. The van der Waals surface area contributed by atoms with Crippen molar-refractivity contribution in [3.8, 4) is 5.75 Å². The Kier molecular flexibility index (Phi) is 8.18. The minimum Gasteiger partial charge on any atom is -0.495 e. The van der Waals surface area contributed by atoms with Crippen molar-refractivity contribution in [1.82, 2.24) is 14.1 Å². The van der Waals surface area contributed by atoms with Gasteiger partial charge in [0.1, 0.15) is 15.7 Å². The molecule has 0 aliphatic carbocycles. The van der Waals surface area contributed by atoms with Crippen LogP contribution in [0.5, 0.6) is 5.75 Å². The second kappa shape index (κ2) is 11.2. The van der Waals surface area contributed by atoms with Crippen molar-refractivity contribution in [3.05, 3.63) is 45.3 Å². The molecule has 1 atom stereocenters. The zero-order chi connectivity index (χ0) is 25.9. The monoisotopic (exact) mass is 540 g/mol. The second-order valence-electron chi connectivity index (χ2n) is 8.89. The van der Waals surface area contributed by atoms with Gasteiger partial charge in [-0.25, -0.2) is 17.9 Å². The lowest BCUT2D eigenvalue weighted by atomic mass is 10.0. The van der Waals surface area contributed by atoms with Gasteiger partial charge in [0.05, 0.1) is 37.2 Å². The average Bonchev–Trinajstić information content (AvgIpc) is 2.89. The van der Waals surface area contributed by atoms with Crippen LogP contribution >= 0.6 is 11.6 Å². The first-order valence-electron chi connectivity index (χ1n) is 11.7. The van der Waals surface area contributed by atoms with Crippen molar-refractivity contribution in [2.45, 2.75) is 36.6 Å². The van der Waals surface area contributed by atoms with Gasteiger partial charge < -0.3 is 19.9 Å². The quantitative estimate of drug-likeness (QED) is 0.516. The Hall–Kier alpha value is -2.67. The third-order valence-corrected chi connectivity index (χ3v) is 8.86. The van der Waals surface area contributed by atoms with Crippen LogP contribution in [0.4, 0.5) is 5.69 Å². The van der Waals surface area contributed by atoms with E-state index in [-0.39, 0.29) is 40.4 Å². The number of hydrogen-bond acceptors (Lipinski definition) is 8. The van der Waals surface area contributed by atoms with Gasteiger partial charge in [0.25, 0.3) is 5.56 Å². The largest absolute Gasteiger partial charge is 0.495 e. The summed E-state index contributed by atoms with van der Waals surface area (Å²) in [5.74, 6) is -0.826. The molecule has 0 amide bonds. The van der Waals surface area contributed by atoms with Gasteiger partial charge in [0.2, 0.25) is 10.0 Å². The Bertz CT molecular complexity index is 1270. The number of carboxylic acid groups (broad SMARTS) is 1. The third kappa shape index (κ3) is 5.51. The van der Waals surface area contributed by atoms with Gasteiger partial charge >= 0.3 is 5.97 Å². The van der Waals surface area contributed by atoms with Crippen LogP contribution in [-0.2, 0) is 14.8 Å². The van der Waals surface area contributed by atoms with E-state index in [9.17, 15) is 23.1 Å². The number of aromatic nitrogens is 2. The summed E-state index contributed by atoms with van der Waals surface area (Å²) < 4.78 is 39.8. The number of aromatic carboxylic acids is 1. The molecule has 196 valence electrons. The molecule has 36 heavy (non-hydrogen) atoms. The summed E-state index contributed by atoms with van der Waals surface area (Å²) in [7, 11) is -2.69. The maximum atomic E-state index is 13.3. The molecule has 2 aliphatic heterocycles. The number of nitrogens with zero attached hydrogens (tertiary/aromatic N) is 3. The van der Waals surface area contributed by atoms with Crippen LogP contribution in [0.1, 0.15) is 42.1 Å². The molecule has 2 N–H and O–H groups in total. The highest BCUT2D eigenvalue weighted by Crippen LogP contribution is 2.32. The van der Waals surface area contributed by atoms with Crippen molar-refractivity contribution >= 4 is 33.3 Å². The topological polar surface area (TPSA) is 140 Å². The van der Waals surface area contributed by atoms with Gasteiger partial charge in [-0.3, -0.25) is 4.79 Å². The molecular formula is C23H29ClN4O7S. The number of anilines is 1. The smallest absolute Gasteiger partial charge is 0.335 e. The highest BCUT2D eigenvalue weighted by atomic mass is 35.5. The number of hydrogen-bond donors (Lipinski definition) is 2. The van der Waals surface area contributed by atoms with E-state index >= 15 is 0 Å². The van der Waals surface area contributed by atoms with Crippen LogP contribution in [0.25, 0.3) is 0 Å². The second-order valence-corrected chi connectivity index (χ2v) is 11.2. The first-order chi connectivity index (χ1) is 17.2. The Morgan fingerprint density at radius 3 is 2.69 bits per heavy atom. The molecule has 2 fully saturated rings. The predicted octanol–water partition coefficient (Wildman–Crippen LogP) is 2.47. The highest BCUT2D eigenvalue weighted by molar-refractivity contribution is 7.89. The van der Waals surface area contributed by atoms with Crippen molar-refractivity contribution in [2.75, 3.05) is 45.3 Å². The number of methoxy groups -OCH3 is 1. The maximum absolute atomic E-state index is 13.3. The fourth-order valence-electron chi connectivity index (χ4n) is 4.53. The van der Waals surface area contributed by atoms with Crippen LogP contribution in [0.2, 0.25) is 5.02 Å². The third-order valence-electron chi connectivity index (χ3n) is 6.58. The Morgan fingerprint density at radius 1 is 1.31 bits per heavy atom. The standard InChI is InChI=1S/C23H29ClN4O7S/c1-34-19-5-4-16(23(30)31)11-20(19)36(32,33)27-8-6-17(7-9-27)28-22(29)21(24)18(13-26-28)25-12-15-3-2-10-35-14-15/h4-5,11,13,15,17,25H,2-3,6-10,12,14H2,1H3,(H,30,31)/t15-/m1/s1. The summed E-state index contributed by atoms with van der Waals surface area (Å²) in [6.07, 6.45) is 4.26. The number of benzene rings is 1. The first kappa shape index (κ1) is 26.4. The Balaban J connectivity index is 1.45. The van der Waals surface area contributed by atoms with Gasteiger partial charge in [0, 0.05) is 26.2 Å². The maximum Gasteiger partial charge on any atom is 0.335 e. The molecule has 2 aromatic rings. The molecular weight excluding hydrogens is 512 g/mol. The lowest BCUT2D eigenvalue weighted by Crippen LogP contribution is -2.41. The van der Waals surface area contributed by atoms with Gasteiger partial charge in [-0.2, -0.15) is 9.40 Å². The molecule has 13 heteroatoms. The summed E-state index contributed by atoms with van der Waals surface area (Å²) in [4.78, 5) is 24.1. The van der Waals surface area contributed by atoms with Crippen molar-refractivity contribution in [3.63, 3.8) is 0 Å². The van der Waals surface area contributed by atoms with Crippen LogP contribution in [-0.4, -0.2) is 73.5 Å². The van der Waals surface area contributed by atoms with E-state index in [1.165, 1.54) is 34.4 Å². The molecule has 0 saturated carbocycles. The molecule has 0 spiro atoms. The highest BCUT2D eigenvalue weighted by Gasteiger charge is 2.33. The number of piperidine rings is 1. The number of halogens is 1. The normalized spacial score (nSPS) is 19.7. The summed E-state index contributed by atoms with van der Waals surface area (Å²) in [5, 5.41) is 16.8. The molecule has 2 aliphatic rings. The summed E-state index contributed by atoms with van der Waals surface area (Å²) >= 11 is 6.36. The van der Waals surface area contributed by atoms with E-state index in [0.717, 1.165) is 25.5 Å². The van der Waals surface area contributed by atoms with Crippen LogP contribution < -0.4 is 15.6 Å². The summed E-state index contributed by atoms with van der Waals surface area (Å²) in [6, 6.07) is 3.38. The van der Waals surface area contributed by atoms with Gasteiger partial charge in [-0.1, -0.05) is 11.6 Å². The van der Waals surface area contributed by atoms with Crippen LogP contribution in [0.15, 0.2) is 34.1 Å². The number of nitrogens with one attached hydrogen (secondary N) is 1. The van der Waals surface area contributed by atoms with Crippen molar-refractivity contribution < 1.29 is 27.8 Å². The Labute approximate surface area is 214 Å². The van der Waals surface area contributed by atoms with E-state index < -0.39 is 21.6 Å². The van der Waals surface area contributed by atoms with E-state index in [0.29, 0.717) is 37.6 Å². The fraction of sp³-hybridized carbons (Fsp3) is 0.522. The average molecular weight is 541 g/mol. The number of carboxylic acids is 1. The molecule has 0 unspecified atom stereocenters. The number of carbonyl (C=O) groups is 1. The van der Waals surface area contributed by atoms with E-state index in [4.69, 9.17) is 21.1 Å². The minimum atomic E-state index is -4.02. The van der Waals surface area contributed by atoms with Crippen LogP contribution in [0, 0.1) is 5.92 Å². The summed E-state index contributed by atoms with van der Waals surface area (Å²) in [6.45, 7) is 2.33. The SMILES string of the molecule is COc1ccc(C(=O)O)cc1S(=O)(=O)N1CCC(n2ncc(NC[C@H]3CCCOC3)c(Cl)c2=O)CC1. The minimum absolute atomic E-state index is 0.0481. The molecule has 1 aromatic heterocycles. The number of ether oxygens (including phenoxy) is 2. The van der Waals surface area contributed by atoms with Gasteiger partial charge in [0.15, 0.2) is 0 Å². The lowest BCUT2D eigenvalue weighted by molar-refractivity contribution is 0.0595. The fourth-order valence-corrected chi connectivity index (χ4v) is 6.38. The Morgan fingerprint density at radius 2 is 2.06 bits per heavy atom. The predicted molar refractivity (Wildman–Crippen MR) is 133 cm³/mol. The molecule has 11 nitrogen and oxygen atoms in total. The van der Waals surface area contributed by atoms with Crippen molar-refractivity contribution in [1.29, 1.82) is 0 Å². The molecule has 2 saturated heterocycles. The van der Waals surface area contributed by atoms with Gasteiger partial charge in [-0.15, -0.1) is 0 Å². The van der Waals surface area contributed by atoms with E-state index in [1.54, 1.807) is 0 Å². The summed E-state index contributed by atoms with van der Waals surface area (Å²) in [5.41, 5.74) is -0.119. The zero-order valence-electron chi connectivity index (χ0n) is 19.9. The molecule has 3 heterocycles. The lowest BCUT2D eigenvalue weighted by Gasteiger charge is -2.32. The van der Waals surface area contributed by atoms with Crippen LogP contribution in [0.3, 0.4) is 0 Å². The zero-order valence-corrected chi connectivity index (χ0v) is 21.4. The molecule has 4 rings (SSSR count). The molecule has 1 aromatic carbocycles. The van der Waals surface area contributed by atoms with E-state index in [2.05, 4.69) is 10.4 Å².